The monoisotopic (exact) mass is 409 g/mol. The van der Waals surface area contributed by atoms with Crippen LogP contribution < -0.4 is 5.32 Å². The molecule has 1 N–H and O–H groups in total. The maximum atomic E-state index is 11.8. The van der Waals surface area contributed by atoms with Crippen LogP contribution in [0.5, 0.6) is 0 Å². The first kappa shape index (κ1) is 20.3. The van der Waals surface area contributed by atoms with E-state index in [9.17, 15) is 4.79 Å². The first-order chi connectivity index (χ1) is 11.7. The summed E-state index contributed by atoms with van der Waals surface area (Å²) in [7, 11) is 0. The molecule has 2 aliphatic rings. The molecule has 0 bridgehead atoms. The summed E-state index contributed by atoms with van der Waals surface area (Å²) in [4.78, 5) is 11.8. The lowest BCUT2D eigenvalue weighted by Crippen LogP contribution is -2.56. The summed E-state index contributed by atoms with van der Waals surface area (Å²) in [5, 5.41) is 3.00. The van der Waals surface area contributed by atoms with E-state index >= 15 is 0 Å². The van der Waals surface area contributed by atoms with Crippen LogP contribution in [0.2, 0.25) is 0 Å². The maximum absolute atomic E-state index is 11.8. The fourth-order valence-electron chi connectivity index (χ4n) is 4.16. The Kier molecular flexibility index (Phi) is 6.58. The van der Waals surface area contributed by atoms with Crippen LogP contribution in [0.1, 0.15) is 65.9 Å². The minimum absolute atomic E-state index is 0.275. The lowest BCUT2D eigenvalue weighted by atomic mass is 9.49. The fourth-order valence-corrected chi connectivity index (χ4v) is 4.42. The molecule has 0 aliphatic heterocycles. The van der Waals surface area contributed by atoms with Gasteiger partial charge in [0.1, 0.15) is 5.60 Å². The van der Waals surface area contributed by atoms with Crippen molar-refractivity contribution in [1.29, 1.82) is 0 Å². The zero-order valence-corrected chi connectivity index (χ0v) is 17.8. The number of ether oxygens (including phenoxy) is 1. The SMILES string of the molecule is CC.CC(C)(C)OC(=O)NC1CC2(CC(Cc3ccc(Br)cc3)C2)C1. The third-order valence-electron chi connectivity index (χ3n) is 4.96. The van der Waals surface area contributed by atoms with Gasteiger partial charge in [0.05, 0.1) is 0 Å². The Morgan fingerprint density at radius 1 is 1.16 bits per heavy atom. The zero-order valence-electron chi connectivity index (χ0n) is 16.2. The van der Waals surface area contributed by atoms with Crippen molar-refractivity contribution in [2.75, 3.05) is 0 Å². The van der Waals surface area contributed by atoms with Gasteiger partial charge in [-0.25, -0.2) is 4.79 Å². The smallest absolute Gasteiger partial charge is 0.407 e. The van der Waals surface area contributed by atoms with Gasteiger partial charge in [-0.1, -0.05) is 41.9 Å². The molecule has 2 saturated carbocycles. The van der Waals surface area contributed by atoms with Crippen LogP contribution in [0.4, 0.5) is 4.79 Å². The Morgan fingerprint density at radius 3 is 2.24 bits per heavy atom. The van der Waals surface area contributed by atoms with Crippen molar-refractivity contribution in [2.45, 2.75) is 78.4 Å². The van der Waals surface area contributed by atoms with Gasteiger partial charge in [-0.2, -0.15) is 0 Å². The van der Waals surface area contributed by atoms with Crippen molar-refractivity contribution in [3.05, 3.63) is 34.3 Å². The topological polar surface area (TPSA) is 38.3 Å². The minimum atomic E-state index is -0.419. The highest BCUT2D eigenvalue weighted by Crippen LogP contribution is 2.59. The molecule has 4 heteroatoms. The van der Waals surface area contributed by atoms with Crippen LogP contribution in [0.15, 0.2) is 28.7 Å². The highest BCUT2D eigenvalue weighted by atomic mass is 79.9. The first-order valence-electron chi connectivity index (χ1n) is 9.47. The van der Waals surface area contributed by atoms with Crippen LogP contribution in [0.3, 0.4) is 0 Å². The normalized spacial score (nSPS) is 27.4. The molecule has 1 amide bonds. The van der Waals surface area contributed by atoms with Crippen LogP contribution in [0.25, 0.3) is 0 Å². The molecule has 3 rings (SSSR count). The molecule has 25 heavy (non-hydrogen) atoms. The lowest BCUT2D eigenvalue weighted by molar-refractivity contribution is -0.0505. The number of alkyl carbamates (subject to hydrolysis) is 1. The Balaban J connectivity index is 0.00000109. The second-order valence-corrected chi connectivity index (χ2v) is 9.27. The highest BCUT2D eigenvalue weighted by molar-refractivity contribution is 9.10. The molecule has 0 unspecified atom stereocenters. The van der Waals surface area contributed by atoms with Gasteiger partial charge in [0.2, 0.25) is 0 Å². The van der Waals surface area contributed by atoms with Crippen molar-refractivity contribution < 1.29 is 9.53 Å². The van der Waals surface area contributed by atoms with Gasteiger partial charge in [-0.05, 0) is 81.9 Å². The Morgan fingerprint density at radius 2 is 1.72 bits per heavy atom. The largest absolute Gasteiger partial charge is 0.444 e. The molecule has 140 valence electrons. The van der Waals surface area contributed by atoms with Gasteiger partial charge in [0.25, 0.3) is 0 Å². The standard InChI is InChI=1S/C19H26BrNO2.C2H6/c1-18(2,3)23-17(22)21-16-11-19(12-16)9-14(10-19)8-13-4-6-15(20)7-5-13;1-2/h4-7,14,16H,8-12H2,1-3H3,(H,21,22);1-2H3. The van der Waals surface area contributed by atoms with E-state index in [4.69, 9.17) is 4.74 Å². The van der Waals surface area contributed by atoms with Gasteiger partial charge in [0.15, 0.2) is 0 Å². The predicted molar refractivity (Wildman–Crippen MR) is 107 cm³/mol. The van der Waals surface area contributed by atoms with Gasteiger partial charge in [-0.3, -0.25) is 0 Å². The minimum Gasteiger partial charge on any atom is -0.444 e. The van der Waals surface area contributed by atoms with Gasteiger partial charge < -0.3 is 10.1 Å². The summed E-state index contributed by atoms with van der Waals surface area (Å²) < 4.78 is 6.46. The average molecular weight is 410 g/mol. The number of nitrogens with one attached hydrogen (secondary N) is 1. The van der Waals surface area contributed by atoms with E-state index in [1.165, 1.54) is 24.8 Å². The van der Waals surface area contributed by atoms with Gasteiger partial charge in [-0.15, -0.1) is 0 Å². The number of carbonyl (C=O) groups is 1. The summed E-state index contributed by atoms with van der Waals surface area (Å²) in [6.07, 6.45) is 5.74. The summed E-state index contributed by atoms with van der Waals surface area (Å²) in [5.74, 6) is 0.804. The average Bonchev–Trinajstić information content (AvgIpc) is 2.45. The Labute approximate surface area is 161 Å². The third kappa shape index (κ3) is 5.73. The summed E-state index contributed by atoms with van der Waals surface area (Å²) >= 11 is 3.48. The van der Waals surface area contributed by atoms with E-state index < -0.39 is 5.60 Å². The van der Waals surface area contributed by atoms with Crippen molar-refractivity contribution >= 4 is 22.0 Å². The molecule has 0 radical (unpaired) electrons. The van der Waals surface area contributed by atoms with E-state index in [1.807, 2.05) is 34.6 Å². The maximum Gasteiger partial charge on any atom is 0.407 e. The predicted octanol–water partition coefficient (Wildman–Crippen LogP) is 6.10. The highest BCUT2D eigenvalue weighted by Gasteiger charge is 2.52. The van der Waals surface area contributed by atoms with Crippen LogP contribution >= 0.6 is 15.9 Å². The molecule has 0 atom stereocenters. The molecule has 1 aromatic carbocycles. The molecule has 1 aromatic rings. The summed E-state index contributed by atoms with van der Waals surface area (Å²) in [6.45, 7) is 9.69. The Bertz CT molecular complexity index is 563. The van der Waals surface area contributed by atoms with Crippen LogP contribution in [0, 0.1) is 11.3 Å². The molecule has 3 nitrogen and oxygen atoms in total. The number of benzene rings is 1. The third-order valence-corrected chi connectivity index (χ3v) is 5.49. The number of hydrogen-bond donors (Lipinski definition) is 1. The Hall–Kier alpha value is -1.03. The van der Waals surface area contributed by atoms with E-state index in [2.05, 4.69) is 45.5 Å². The second kappa shape index (κ2) is 8.11. The van der Waals surface area contributed by atoms with E-state index in [0.717, 1.165) is 23.2 Å². The molecular weight excluding hydrogens is 378 g/mol. The van der Waals surface area contributed by atoms with Crippen molar-refractivity contribution in [3.63, 3.8) is 0 Å². The van der Waals surface area contributed by atoms with E-state index in [1.54, 1.807) is 0 Å². The molecule has 1 spiro atoms. The molecule has 0 saturated heterocycles. The number of rotatable bonds is 3. The van der Waals surface area contributed by atoms with Gasteiger partial charge >= 0.3 is 6.09 Å². The van der Waals surface area contributed by atoms with E-state index in [-0.39, 0.29) is 6.09 Å². The molecule has 2 fully saturated rings. The quantitative estimate of drug-likeness (QED) is 0.654. The second-order valence-electron chi connectivity index (χ2n) is 8.36. The zero-order chi connectivity index (χ0) is 18.7. The number of hydrogen-bond acceptors (Lipinski definition) is 2. The molecule has 2 aliphatic carbocycles. The number of amides is 1. The van der Waals surface area contributed by atoms with Gasteiger partial charge in [0, 0.05) is 10.5 Å². The first-order valence-corrected chi connectivity index (χ1v) is 10.3. The molecular formula is C21H32BrNO2. The number of carbonyl (C=O) groups excluding carboxylic acids is 1. The van der Waals surface area contributed by atoms with E-state index in [0.29, 0.717) is 11.5 Å². The van der Waals surface area contributed by atoms with Crippen LogP contribution in [-0.4, -0.2) is 17.7 Å². The number of halogens is 1. The fraction of sp³-hybridized carbons (Fsp3) is 0.667. The lowest BCUT2D eigenvalue weighted by Gasteiger charge is -2.58. The van der Waals surface area contributed by atoms with Crippen molar-refractivity contribution in [3.8, 4) is 0 Å². The van der Waals surface area contributed by atoms with Crippen LogP contribution in [-0.2, 0) is 11.2 Å². The molecule has 0 aromatic heterocycles. The summed E-state index contributed by atoms with van der Waals surface area (Å²) in [5.41, 5.74) is 1.51. The van der Waals surface area contributed by atoms with Crippen molar-refractivity contribution in [1.82, 2.24) is 5.32 Å². The van der Waals surface area contributed by atoms with Crippen molar-refractivity contribution in [2.24, 2.45) is 11.3 Å². The summed E-state index contributed by atoms with van der Waals surface area (Å²) in [6, 6.07) is 8.96. The molecule has 0 heterocycles.